The van der Waals surface area contributed by atoms with Gasteiger partial charge in [-0.05, 0) is 0 Å². The maximum Gasteiger partial charge on any atom is 0.522 e. The average Bonchev–Trinajstić information content (AvgIpc) is 2.16. The maximum absolute atomic E-state index is 11.6. The molecule has 1 fully saturated rings. The molecule has 0 amide bonds. The van der Waals surface area contributed by atoms with Crippen LogP contribution in [0.2, 0.25) is 0 Å². The molecule has 16 heavy (non-hydrogen) atoms. The van der Waals surface area contributed by atoms with E-state index in [1.807, 2.05) is 0 Å². The van der Waals surface area contributed by atoms with Crippen LogP contribution < -0.4 is 5.32 Å². The van der Waals surface area contributed by atoms with Crippen molar-refractivity contribution < 1.29 is 27.8 Å². The van der Waals surface area contributed by atoms with Gasteiger partial charge in [-0.25, -0.2) is 0 Å². The third-order valence-electron chi connectivity index (χ3n) is 2.42. The van der Waals surface area contributed by atoms with E-state index in [-0.39, 0.29) is 13.1 Å². The van der Waals surface area contributed by atoms with Crippen LogP contribution in [0.15, 0.2) is 0 Å². The highest BCUT2D eigenvalue weighted by Crippen LogP contribution is 2.19. The highest BCUT2D eigenvalue weighted by molar-refractivity contribution is 4.83. The van der Waals surface area contributed by atoms with E-state index in [1.165, 1.54) is 0 Å². The van der Waals surface area contributed by atoms with Crippen molar-refractivity contribution in [3.8, 4) is 0 Å². The Kier molecular flexibility index (Phi) is 4.97. The molecule has 96 valence electrons. The highest BCUT2D eigenvalue weighted by atomic mass is 19.4. The van der Waals surface area contributed by atoms with Crippen molar-refractivity contribution in [2.24, 2.45) is 0 Å². The minimum absolute atomic E-state index is 0.0582. The molecule has 1 aliphatic heterocycles. The Morgan fingerprint density at radius 1 is 1.31 bits per heavy atom. The molecule has 0 aliphatic carbocycles. The molecule has 0 atom stereocenters. The van der Waals surface area contributed by atoms with Crippen molar-refractivity contribution in [3.05, 3.63) is 0 Å². The third kappa shape index (κ3) is 5.64. The molecule has 2 N–H and O–H groups in total. The summed E-state index contributed by atoms with van der Waals surface area (Å²) in [5.41, 5.74) is -0.865. The van der Waals surface area contributed by atoms with E-state index in [2.05, 4.69) is 10.1 Å². The molecule has 0 aromatic carbocycles. The van der Waals surface area contributed by atoms with Crippen LogP contribution in [0.4, 0.5) is 13.2 Å². The van der Waals surface area contributed by atoms with Crippen molar-refractivity contribution in [1.82, 2.24) is 5.32 Å². The van der Waals surface area contributed by atoms with Gasteiger partial charge in [0.25, 0.3) is 0 Å². The lowest BCUT2D eigenvalue weighted by Gasteiger charge is -2.32. The van der Waals surface area contributed by atoms with Gasteiger partial charge >= 0.3 is 6.36 Å². The molecule has 0 aromatic heterocycles. The molecular formula is C9H16F3NO3. The Bertz CT molecular complexity index is 205. The van der Waals surface area contributed by atoms with E-state index in [1.54, 1.807) is 0 Å². The summed E-state index contributed by atoms with van der Waals surface area (Å²) in [6, 6.07) is 0. The Hall–Kier alpha value is -0.370. The van der Waals surface area contributed by atoms with Gasteiger partial charge in [-0.1, -0.05) is 0 Å². The van der Waals surface area contributed by atoms with Crippen LogP contribution in [0.3, 0.4) is 0 Å². The third-order valence-corrected chi connectivity index (χ3v) is 2.42. The molecule has 1 heterocycles. The van der Waals surface area contributed by atoms with Gasteiger partial charge in [0.2, 0.25) is 0 Å². The summed E-state index contributed by atoms with van der Waals surface area (Å²) in [6.45, 7) is 0.838. The van der Waals surface area contributed by atoms with Gasteiger partial charge in [-0.15, -0.1) is 13.2 Å². The van der Waals surface area contributed by atoms with Crippen LogP contribution in [0.5, 0.6) is 0 Å². The smallest absolute Gasteiger partial charge is 0.388 e. The fourth-order valence-electron chi connectivity index (χ4n) is 1.49. The molecule has 0 radical (unpaired) electrons. The highest BCUT2D eigenvalue weighted by Gasteiger charge is 2.30. The average molecular weight is 243 g/mol. The molecule has 1 aliphatic rings. The zero-order valence-corrected chi connectivity index (χ0v) is 8.85. The lowest BCUT2D eigenvalue weighted by atomic mass is 9.94. The number of nitrogens with one attached hydrogen (secondary N) is 1. The number of halogens is 3. The summed E-state index contributed by atoms with van der Waals surface area (Å²) in [4.78, 5) is 0. The predicted molar refractivity (Wildman–Crippen MR) is 49.9 cm³/mol. The topological polar surface area (TPSA) is 50.7 Å². The summed E-state index contributed by atoms with van der Waals surface area (Å²) < 4.78 is 43.4. The molecule has 1 saturated heterocycles. The maximum atomic E-state index is 11.6. The first-order valence-corrected chi connectivity index (χ1v) is 5.13. The van der Waals surface area contributed by atoms with Gasteiger partial charge in [0.05, 0.1) is 12.2 Å². The first-order valence-electron chi connectivity index (χ1n) is 5.13. The van der Waals surface area contributed by atoms with Crippen molar-refractivity contribution in [2.45, 2.75) is 24.8 Å². The molecule has 0 spiro atoms. The van der Waals surface area contributed by atoms with Gasteiger partial charge in [0.1, 0.15) is 0 Å². The second-order valence-corrected chi connectivity index (χ2v) is 3.81. The minimum atomic E-state index is -4.59. The SMILES string of the molecule is OC1(CNCCOC(F)(F)F)CCOCC1. The number of hydrogen-bond acceptors (Lipinski definition) is 4. The summed E-state index contributed by atoms with van der Waals surface area (Å²) in [7, 11) is 0. The lowest BCUT2D eigenvalue weighted by Crippen LogP contribution is -2.45. The number of hydrogen-bond donors (Lipinski definition) is 2. The van der Waals surface area contributed by atoms with Crippen LogP contribution in [0, 0.1) is 0 Å². The summed E-state index contributed by atoms with van der Waals surface area (Å²) in [5.74, 6) is 0. The van der Waals surface area contributed by atoms with E-state index < -0.39 is 18.6 Å². The second kappa shape index (κ2) is 5.81. The zero-order chi connectivity index (χ0) is 12.1. The molecule has 4 nitrogen and oxygen atoms in total. The Balaban J connectivity index is 2.06. The Morgan fingerprint density at radius 2 is 1.94 bits per heavy atom. The zero-order valence-electron chi connectivity index (χ0n) is 8.85. The second-order valence-electron chi connectivity index (χ2n) is 3.81. The molecule has 0 aromatic rings. The van der Waals surface area contributed by atoms with Gasteiger partial charge < -0.3 is 15.2 Å². The fourth-order valence-corrected chi connectivity index (χ4v) is 1.49. The normalized spacial score (nSPS) is 21.0. The summed E-state index contributed by atoms with van der Waals surface area (Å²) >= 11 is 0. The molecule has 1 rings (SSSR count). The molecule has 0 unspecified atom stereocenters. The van der Waals surface area contributed by atoms with E-state index in [4.69, 9.17) is 4.74 Å². The monoisotopic (exact) mass is 243 g/mol. The Morgan fingerprint density at radius 3 is 2.50 bits per heavy atom. The van der Waals surface area contributed by atoms with E-state index in [9.17, 15) is 18.3 Å². The van der Waals surface area contributed by atoms with E-state index >= 15 is 0 Å². The quantitative estimate of drug-likeness (QED) is 0.696. The van der Waals surface area contributed by atoms with E-state index in [0.29, 0.717) is 26.1 Å². The molecular weight excluding hydrogens is 227 g/mol. The van der Waals surface area contributed by atoms with Crippen molar-refractivity contribution in [3.63, 3.8) is 0 Å². The first-order chi connectivity index (χ1) is 7.41. The predicted octanol–water partition coefficient (Wildman–Crippen LogP) is 0.654. The number of ether oxygens (including phenoxy) is 2. The van der Waals surface area contributed by atoms with Crippen LogP contribution in [0.25, 0.3) is 0 Å². The summed E-state index contributed by atoms with van der Waals surface area (Å²) in [5, 5.41) is 12.7. The standard InChI is InChI=1S/C9H16F3NO3/c10-9(11,12)16-6-3-13-7-8(14)1-4-15-5-2-8/h13-14H,1-7H2. The van der Waals surface area contributed by atoms with Crippen LogP contribution >= 0.6 is 0 Å². The van der Waals surface area contributed by atoms with Crippen molar-refractivity contribution in [2.75, 3.05) is 32.9 Å². The number of rotatable bonds is 5. The van der Waals surface area contributed by atoms with E-state index in [0.717, 1.165) is 0 Å². The van der Waals surface area contributed by atoms with Gasteiger partial charge in [0, 0.05) is 39.1 Å². The number of alkyl halides is 3. The van der Waals surface area contributed by atoms with Gasteiger partial charge in [-0.3, -0.25) is 4.74 Å². The number of aliphatic hydroxyl groups is 1. The van der Waals surface area contributed by atoms with Crippen LogP contribution in [-0.4, -0.2) is 50.0 Å². The minimum Gasteiger partial charge on any atom is -0.388 e. The van der Waals surface area contributed by atoms with Gasteiger partial charge in [-0.2, -0.15) is 0 Å². The van der Waals surface area contributed by atoms with Crippen LogP contribution in [-0.2, 0) is 9.47 Å². The molecule has 0 saturated carbocycles. The van der Waals surface area contributed by atoms with Crippen LogP contribution in [0.1, 0.15) is 12.8 Å². The lowest BCUT2D eigenvalue weighted by molar-refractivity contribution is -0.323. The first kappa shape index (κ1) is 13.7. The summed E-state index contributed by atoms with van der Waals surface area (Å²) in [6.07, 6.45) is -3.59. The fraction of sp³-hybridized carbons (Fsp3) is 1.00. The molecule has 7 heteroatoms. The Labute approximate surface area is 91.7 Å². The van der Waals surface area contributed by atoms with Crippen molar-refractivity contribution in [1.29, 1.82) is 0 Å². The van der Waals surface area contributed by atoms with Crippen molar-refractivity contribution >= 4 is 0 Å². The van der Waals surface area contributed by atoms with Gasteiger partial charge in [0.15, 0.2) is 0 Å². The largest absolute Gasteiger partial charge is 0.522 e. The molecule has 0 bridgehead atoms.